The molecule has 2 amide bonds. The van der Waals surface area contributed by atoms with Crippen LogP contribution >= 0.6 is 0 Å². The molecule has 6 nitrogen and oxygen atoms in total. The van der Waals surface area contributed by atoms with Crippen molar-refractivity contribution in [1.82, 2.24) is 9.88 Å². The number of nitrogens with one attached hydrogen (secondary N) is 1. The second-order valence-corrected chi connectivity index (χ2v) is 5.42. The molecule has 0 bridgehead atoms. The number of benzene rings is 1. The fraction of sp³-hybridized carbons (Fsp3) is 0.333. The number of rotatable bonds is 2. The van der Waals surface area contributed by atoms with E-state index in [1.165, 1.54) is 0 Å². The molecule has 1 aromatic heterocycles. The first-order valence-corrected chi connectivity index (χ1v) is 7.05. The van der Waals surface area contributed by atoms with Crippen molar-refractivity contribution in [1.29, 1.82) is 0 Å². The van der Waals surface area contributed by atoms with Crippen LogP contribution in [0.5, 0.6) is 0 Å². The van der Waals surface area contributed by atoms with Gasteiger partial charge in [-0.05, 0) is 37.5 Å². The summed E-state index contributed by atoms with van der Waals surface area (Å²) in [5, 5.41) is 0.772. The minimum absolute atomic E-state index is 0.171. The van der Waals surface area contributed by atoms with Crippen LogP contribution in [0.2, 0.25) is 0 Å². The molecule has 2 heterocycles. The summed E-state index contributed by atoms with van der Waals surface area (Å²) in [5.41, 5.74) is 13.2. The Morgan fingerprint density at radius 1 is 1.29 bits per heavy atom. The monoisotopic (exact) mass is 286 g/mol. The topological polar surface area (TPSA) is 105 Å². The molecule has 2 aromatic rings. The second kappa shape index (κ2) is 5.12. The highest BCUT2D eigenvalue weighted by molar-refractivity contribution is 6.08. The first kappa shape index (κ1) is 13.5. The molecule has 1 saturated heterocycles. The quantitative estimate of drug-likeness (QED) is 0.723. The SMILES string of the molecule is NC(=O)C1CCCCN1C(=O)c1c[nH]c2ccc(N)cc12. The summed E-state index contributed by atoms with van der Waals surface area (Å²) in [6.45, 7) is 0.557. The average molecular weight is 286 g/mol. The third-order valence-corrected chi connectivity index (χ3v) is 4.03. The van der Waals surface area contributed by atoms with Crippen molar-refractivity contribution >= 4 is 28.4 Å². The van der Waals surface area contributed by atoms with E-state index in [9.17, 15) is 9.59 Å². The molecule has 1 aromatic carbocycles. The number of carbonyl (C=O) groups is 2. The zero-order chi connectivity index (χ0) is 15.0. The number of anilines is 1. The number of aromatic amines is 1. The highest BCUT2D eigenvalue weighted by Gasteiger charge is 2.32. The minimum Gasteiger partial charge on any atom is -0.399 e. The van der Waals surface area contributed by atoms with E-state index in [0.717, 1.165) is 23.7 Å². The maximum atomic E-state index is 12.8. The van der Waals surface area contributed by atoms with Crippen molar-refractivity contribution in [3.05, 3.63) is 30.0 Å². The number of likely N-dealkylation sites (tertiary alicyclic amines) is 1. The molecule has 1 aliphatic rings. The highest BCUT2D eigenvalue weighted by Crippen LogP contribution is 2.25. The van der Waals surface area contributed by atoms with E-state index in [1.807, 2.05) is 6.07 Å². The van der Waals surface area contributed by atoms with Crippen LogP contribution in [0.25, 0.3) is 10.9 Å². The van der Waals surface area contributed by atoms with Crippen LogP contribution in [0.3, 0.4) is 0 Å². The molecular weight excluding hydrogens is 268 g/mol. The van der Waals surface area contributed by atoms with Gasteiger partial charge in [-0.25, -0.2) is 0 Å². The first-order valence-electron chi connectivity index (χ1n) is 7.05. The molecular formula is C15H18N4O2. The molecule has 21 heavy (non-hydrogen) atoms. The Bertz CT molecular complexity index is 707. The van der Waals surface area contributed by atoms with Crippen molar-refractivity contribution in [2.75, 3.05) is 12.3 Å². The van der Waals surface area contributed by atoms with Crippen LogP contribution in [-0.2, 0) is 4.79 Å². The van der Waals surface area contributed by atoms with E-state index in [4.69, 9.17) is 11.5 Å². The number of hydrogen-bond acceptors (Lipinski definition) is 3. The first-order chi connectivity index (χ1) is 10.1. The van der Waals surface area contributed by atoms with E-state index in [0.29, 0.717) is 24.2 Å². The molecule has 3 rings (SSSR count). The predicted octanol–water partition coefficient (Wildman–Crippen LogP) is 1.23. The Morgan fingerprint density at radius 3 is 2.86 bits per heavy atom. The van der Waals surface area contributed by atoms with Crippen molar-refractivity contribution in [3.63, 3.8) is 0 Å². The van der Waals surface area contributed by atoms with Crippen LogP contribution < -0.4 is 11.5 Å². The van der Waals surface area contributed by atoms with Gasteiger partial charge in [0.2, 0.25) is 5.91 Å². The molecule has 1 aliphatic heterocycles. The molecule has 5 N–H and O–H groups in total. The van der Waals surface area contributed by atoms with E-state index in [-0.39, 0.29) is 5.91 Å². The van der Waals surface area contributed by atoms with Gasteiger partial charge in [0.15, 0.2) is 0 Å². The molecule has 1 atom stereocenters. The van der Waals surface area contributed by atoms with Gasteiger partial charge in [-0.2, -0.15) is 0 Å². The van der Waals surface area contributed by atoms with Crippen LogP contribution in [0.15, 0.2) is 24.4 Å². The number of carbonyl (C=O) groups excluding carboxylic acids is 2. The number of aromatic nitrogens is 1. The number of nitrogen functional groups attached to an aromatic ring is 1. The summed E-state index contributed by atoms with van der Waals surface area (Å²) in [7, 11) is 0. The number of primary amides is 1. The molecule has 0 spiro atoms. The Labute approximate surface area is 122 Å². The van der Waals surface area contributed by atoms with Crippen molar-refractivity contribution < 1.29 is 9.59 Å². The number of piperidine rings is 1. The summed E-state index contributed by atoms with van der Waals surface area (Å²) in [4.78, 5) is 29.0. The molecule has 1 fully saturated rings. The maximum absolute atomic E-state index is 12.8. The Kier molecular flexibility index (Phi) is 3.29. The maximum Gasteiger partial charge on any atom is 0.256 e. The normalized spacial score (nSPS) is 18.9. The lowest BCUT2D eigenvalue weighted by Crippen LogP contribution is -2.50. The van der Waals surface area contributed by atoms with Crippen molar-refractivity contribution in [2.24, 2.45) is 5.73 Å². The summed E-state index contributed by atoms with van der Waals surface area (Å²) in [6, 6.07) is 4.86. The number of fused-ring (bicyclic) bond motifs is 1. The largest absolute Gasteiger partial charge is 0.399 e. The molecule has 0 aliphatic carbocycles. The highest BCUT2D eigenvalue weighted by atomic mass is 16.2. The Morgan fingerprint density at radius 2 is 2.10 bits per heavy atom. The number of nitrogens with zero attached hydrogens (tertiary/aromatic N) is 1. The van der Waals surface area contributed by atoms with Gasteiger partial charge < -0.3 is 21.4 Å². The smallest absolute Gasteiger partial charge is 0.256 e. The second-order valence-electron chi connectivity index (χ2n) is 5.42. The lowest BCUT2D eigenvalue weighted by atomic mass is 10.00. The van der Waals surface area contributed by atoms with Gasteiger partial charge in [0.1, 0.15) is 6.04 Å². The van der Waals surface area contributed by atoms with E-state index in [2.05, 4.69) is 4.98 Å². The van der Waals surface area contributed by atoms with E-state index >= 15 is 0 Å². The molecule has 0 radical (unpaired) electrons. The standard InChI is InChI=1S/C15H18N4O2/c16-9-4-5-12-10(7-9)11(8-18-12)15(21)19-6-2-1-3-13(19)14(17)20/h4-5,7-8,13,18H,1-3,6,16H2,(H2,17,20). The summed E-state index contributed by atoms with van der Waals surface area (Å²) >= 11 is 0. The predicted molar refractivity (Wildman–Crippen MR) is 80.6 cm³/mol. The van der Waals surface area contributed by atoms with Crippen LogP contribution in [0.4, 0.5) is 5.69 Å². The summed E-state index contributed by atoms with van der Waals surface area (Å²) < 4.78 is 0. The zero-order valence-electron chi connectivity index (χ0n) is 11.6. The Hall–Kier alpha value is -2.50. The summed E-state index contributed by atoms with van der Waals surface area (Å²) in [5.74, 6) is -0.613. The van der Waals surface area contributed by atoms with Crippen molar-refractivity contribution in [2.45, 2.75) is 25.3 Å². The van der Waals surface area contributed by atoms with Gasteiger partial charge in [-0.3, -0.25) is 9.59 Å². The number of amides is 2. The fourth-order valence-corrected chi connectivity index (χ4v) is 2.94. The van der Waals surface area contributed by atoms with Gasteiger partial charge >= 0.3 is 0 Å². The van der Waals surface area contributed by atoms with Gasteiger partial charge in [-0.1, -0.05) is 0 Å². The number of H-pyrrole nitrogens is 1. The van der Waals surface area contributed by atoms with Gasteiger partial charge in [0.05, 0.1) is 5.56 Å². The van der Waals surface area contributed by atoms with Crippen LogP contribution in [-0.4, -0.2) is 34.3 Å². The van der Waals surface area contributed by atoms with E-state index in [1.54, 1.807) is 23.2 Å². The molecule has 6 heteroatoms. The Balaban J connectivity index is 1.99. The molecule has 1 unspecified atom stereocenters. The summed E-state index contributed by atoms with van der Waals surface area (Å²) in [6.07, 6.45) is 4.10. The third kappa shape index (κ3) is 2.33. The van der Waals surface area contributed by atoms with Crippen LogP contribution in [0.1, 0.15) is 29.6 Å². The average Bonchev–Trinajstić information content (AvgIpc) is 2.89. The van der Waals surface area contributed by atoms with Crippen molar-refractivity contribution in [3.8, 4) is 0 Å². The minimum atomic E-state index is -0.516. The molecule has 110 valence electrons. The van der Waals surface area contributed by atoms with Gasteiger partial charge in [0.25, 0.3) is 5.91 Å². The van der Waals surface area contributed by atoms with Gasteiger partial charge in [-0.15, -0.1) is 0 Å². The zero-order valence-corrected chi connectivity index (χ0v) is 11.6. The van der Waals surface area contributed by atoms with Crippen LogP contribution in [0, 0.1) is 0 Å². The van der Waals surface area contributed by atoms with Gasteiger partial charge in [0, 0.05) is 29.3 Å². The molecule has 0 saturated carbocycles. The third-order valence-electron chi connectivity index (χ3n) is 4.03. The lowest BCUT2D eigenvalue weighted by Gasteiger charge is -2.33. The fourth-order valence-electron chi connectivity index (χ4n) is 2.94. The van der Waals surface area contributed by atoms with E-state index < -0.39 is 11.9 Å². The number of nitrogens with two attached hydrogens (primary N) is 2. The lowest BCUT2D eigenvalue weighted by molar-refractivity contribution is -0.123. The number of hydrogen-bond donors (Lipinski definition) is 3.